The molecule has 0 radical (unpaired) electrons. The summed E-state index contributed by atoms with van der Waals surface area (Å²) in [4.78, 5) is 13.2. The van der Waals surface area contributed by atoms with Crippen LogP contribution >= 0.6 is 11.6 Å². The van der Waals surface area contributed by atoms with Crippen molar-refractivity contribution in [2.75, 3.05) is 6.26 Å². The molecule has 1 aliphatic rings. The molecule has 1 aromatic carbocycles. The van der Waals surface area contributed by atoms with Gasteiger partial charge in [0.25, 0.3) is 0 Å². The quantitative estimate of drug-likeness (QED) is 0.808. The number of aromatic nitrogens is 1. The molecule has 0 aliphatic heterocycles. The standard InChI is InChI=1S/C15H14ClNO3S/c1-8-10(5-6-12(13(8)16)21(2)19)14(18)11-7-17-20-15(11)9-3-4-9/h5-7,9H,3-4H2,1-2H3. The number of hydrogen-bond acceptors (Lipinski definition) is 4. The van der Waals surface area contributed by atoms with E-state index in [1.807, 2.05) is 0 Å². The first-order valence-corrected chi connectivity index (χ1v) is 8.56. The number of ketones is 1. The zero-order valence-corrected chi connectivity index (χ0v) is 13.3. The molecule has 0 saturated heterocycles. The second-order valence-electron chi connectivity index (χ2n) is 5.21. The van der Waals surface area contributed by atoms with Gasteiger partial charge in [0.1, 0.15) is 0 Å². The van der Waals surface area contributed by atoms with Crippen molar-refractivity contribution in [3.05, 3.63) is 45.8 Å². The Bertz CT molecular complexity index is 749. The molecule has 0 amide bonds. The minimum atomic E-state index is -1.18. The molecule has 1 heterocycles. The highest BCUT2D eigenvalue weighted by atomic mass is 35.5. The van der Waals surface area contributed by atoms with Gasteiger partial charge in [0.15, 0.2) is 11.5 Å². The Hall–Kier alpha value is -1.46. The molecule has 1 aliphatic carbocycles. The maximum absolute atomic E-state index is 12.7. The Labute approximate surface area is 129 Å². The summed E-state index contributed by atoms with van der Waals surface area (Å²) in [7, 11) is -1.18. The fourth-order valence-electron chi connectivity index (χ4n) is 2.33. The predicted octanol–water partition coefficient (Wildman–Crippen LogP) is 3.48. The number of carbonyl (C=O) groups excluding carboxylic acids is 1. The molecule has 4 nitrogen and oxygen atoms in total. The molecular weight excluding hydrogens is 310 g/mol. The molecule has 3 rings (SSSR count). The van der Waals surface area contributed by atoms with E-state index < -0.39 is 10.8 Å². The fourth-order valence-corrected chi connectivity index (χ4v) is 3.49. The lowest BCUT2D eigenvalue weighted by molar-refractivity contribution is 0.103. The second kappa shape index (κ2) is 5.39. The van der Waals surface area contributed by atoms with E-state index in [1.165, 1.54) is 6.20 Å². The van der Waals surface area contributed by atoms with Crippen LogP contribution < -0.4 is 0 Å². The summed E-state index contributed by atoms with van der Waals surface area (Å²) >= 11 is 6.23. The third kappa shape index (κ3) is 2.56. The lowest BCUT2D eigenvalue weighted by Gasteiger charge is -2.09. The van der Waals surface area contributed by atoms with Gasteiger partial charge in [-0.2, -0.15) is 0 Å². The van der Waals surface area contributed by atoms with Crippen LogP contribution in [0.1, 0.15) is 46.0 Å². The van der Waals surface area contributed by atoms with E-state index in [2.05, 4.69) is 5.16 Å². The van der Waals surface area contributed by atoms with Crippen molar-refractivity contribution < 1.29 is 13.5 Å². The molecule has 110 valence electrons. The van der Waals surface area contributed by atoms with Crippen LogP contribution in [0.15, 0.2) is 27.7 Å². The molecule has 1 aromatic heterocycles. The van der Waals surface area contributed by atoms with E-state index in [-0.39, 0.29) is 5.78 Å². The monoisotopic (exact) mass is 323 g/mol. The van der Waals surface area contributed by atoms with Crippen LogP contribution in [0.2, 0.25) is 5.02 Å². The van der Waals surface area contributed by atoms with Gasteiger partial charge in [-0.05, 0) is 37.5 Å². The van der Waals surface area contributed by atoms with Gasteiger partial charge in [0, 0.05) is 17.7 Å². The van der Waals surface area contributed by atoms with Crippen molar-refractivity contribution >= 4 is 28.2 Å². The van der Waals surface area contributed by atoms with Gasteiger partial charge in [-0.25, -0.2) is 0 Å². The third-order valence-corrected chi connectivity index (χ3v) is 5.26. The number of hydrogen-bond donors (Lipinski definition) is 0. The van der Waals surface area contributed by atoms with Crippen molar-refractivity contribution in [1.82, 2.24) is 5.16 Å². The fraction of sp³-hybridized carbons (Fsp3) is 0.333. The van der Waals surface area contributed by atoms with Crippen LogP contribution in [-0.4, -0.2) is 21.4 Å². The van der Waals surface area contributed by atoms with Crippen molar-refractivity contribution in [2.45, 2.75) is 30.6 Å². The third-order valence-electron chi connectivity index (χ3n) is 3.70. The van der Waals surface area contributed by atoms with Gasteiger partial charge in [-0.15, -0.1) is 0 Å². The Kier molecular flexibility index (Phi) is 3.71. The van der Waals surface area contributed by atoms with E-state index in [4.69, 9.17) is 16.1 Å². The average Bonchev–Trinajstić information content (AvgIpc) is 3.18. The molecule has 1 atom stereocenters. The minimum absolute atomic E-state index is 0.147. The number of halogens is 1. The zero-order chi connectivity index (χ0) is 15.1. The molecule has 0 spiro atoms. The summed E-state index contributed by atoms with van der Waals surface area (Å²) in [5.74, 6) is 0.828. The number of nitrogens with zero attached hydrogens (tertiary/aromatic N) is 1. The second-order valence-corrected chi connectivity index (χ2v) is 6.94. The smallest absolute Gasteiger partial charge is 0.198 e. The highest BCUT2D eigenvalue weighted by Gasteiger charge is 2.33. The lowest BCUT2D eigenvalue weighted by atomic mass is 9.98. The molecule has 2 aromatic rings. The lowest BCUT2D eigenvalue weighted by Crippen LogP contribution is -2.06. The largest absolute Gasteiger partial charge is 0.360 e. The number of benzene rings is 1. The molecule has 1 fully saturated rings. The predicted molar refractivity (Wildman–Crippen MR) is 80.4 cm³/mol. The van der Waals surface area contributed by atoms with Crippen molar-refractivity contribution in [1.29, 1.82) is 0 Å². The SMILES string of the molecule is Cc1c(C(=O)c2cnoc2C2CC2)ccc(S(C)=O)c1Cl. The Morgan fingerprint density at radius 2 is 2.10 bits per heavy atom. The van der Waals surface area contributed by atoms with Crippen LogP contribution in [0.5, 0.6) is 0 Å². The first-order chi connectivity index (χ1) is 10.0. The summed E-state index contributed by atoms with van der Waals surface area (Å²) in [6.07, 6.45) is 5.09. The highest BCUT2D eigenvalue weighted by Crippen LogP contribution is 2.42. The van der Waals surface area contributed by atoms with E-state index in [0.29, 0.717) is 38.3 Å². The van der Waals surface area contributed by atoms with Gasteiger partial charge in [0.2, 0.25) is 0 Å². The van der Waals surface area contributed by atoms with Crippen molar-refractivity contribution in [3.63, 3.8) is 0 Å². The molecule has 6 heteroatoms. The van der Waals surface area contributed by atoms with Crippen LogP contribution in [0.25, 0.3) is 0 Å². The van der Waals surface area contributed by atoms with Crippen molar-refractivity contribution in [2.24, 2.45) is 0 Å². The maximum atomic E-state index is 12.7. The van der Waals surface area contributed by atoms with Crippen LogP contribution in [0.3, 0.4) is 0 Å². The van der Waals surface area contributed by atoms with Gasteiger partial charge >= 0.3 is 0 Å². The normalized spacial score (nSPS) is 16.0. The molecule has 21 heavy (non-hydrogen) atoms. The number of rotatable bonds is 4. The molecule has 1 saturated carbocycles. The Morgan fingerprint density at radius 1 is 1.38 bits per heavy atom. The molecule has 1 unspecified atom stereocenters. The highest BCUT2D eigenvalue weighted by molar-refractivity contribution is 7.84. The van der Waals surface area contributed by atoms with Gasteiger partial charge in [-0.3, -0.25) is 9.00 Å². The average molecular weight is 324 g/mol. The van der Waals surface area contributed by atoms with E-state index >= 15 is 0 Å². The zero-order valence-electron chi connectivity index (χ0n) is 11.7. The first-order valence-electron chi connectivity index (χ1n) is 6.62. The van der Waals surface area contributed by atoms with E-state index in [1.54, 1.807) is 25.3 Å². The van der Waals surface area contributed by atoms with Gasteiger partial charge < -0.3 is 4.52 Å². The van der Waals surface area contributed by atoms with Gasteiger partial charge in [0.05, 0.1) is 32.5 Å². The summed E-state index contributed by atoms with van der Waals surface area (Å²) in [5, 5.41) is 4.13. The molecular formula is C15H14ClNO3S. The number of carbonyl (C=O) groups is 1. The Balaban J connectivity index is 2.04. The van der Waals surface area contributed by atoms with E-state index in [9.17, 15) is 9.00 Å². The minimum Gasteiger partial charge on any atom is -0.360 e. The summed E-state index contributed by atoms with van der Waals surface area (Å²) in [6.45, 7) is 1.76. The van der Waals surface area contributed by atoms with E-state index in [0.717, 1.165) is 12.8 Å². The Morgan fingerprint density at radius 3 is 2.71 bits per heavy atom. The summed E-state index contributed by atoms with van der Waals surface area (Å²) in [6, 6.07) is 3.31. The molecule has 0 N–H and O–H groups in total. The van der Waals surface area contributed by atoms with Crippen molar-refractivity contribution in [3.8, 4) is 0 Å². The summed E-state index contributed by atoms with van der Waals surface area (Å²) < 4.78 is 16.8. The van der Waals surface area contributed by atoms with Crippen LogP contribution in [0, 0.1) is 6.92 Å². The van der Waals surface area contributed by atoms with Crippen LogP contribution in [0.4, 0.5) is 0 Å². The maximum Gasteiger partial charge on any atom is 0.198 e. The van der Waals surface area contributed by atoms with Gasteiger partial charge in [-0.1, -0.05) is 16.8 Å². The summed E-state index contributed by atoms with van der Waals surface area (Å²) in [5.41, 5.74) is 1.64. The topological polar surface area (TPSA) is 60.2 Å². The van der Waals surface area contributed by atoms with Crippen LogP contribution in [-0.2, 0) is 10.8 Å². The molecule has 0 bridgehead atoms. The first kappa shape index (κ1) is 14.5.